The van der Waals surface area contributed by atoms with Crippen LogP contribution in [0, 0.1) is 6.92 Å². The van der Waals surface area contributed by atoms with Gasteiger partial charge in [0.25, 0.3) is 0 Å². The van der Waals surface area contributed by atoms with Crippen LogP contribution in [0.25, 0.3) is 0 Å². The van der Waals surface area contributed by atoms with E-state index in [4.69, 9.17) is 4.74 Å². The molecule has 0 spiro atoms. The number of hydrogen-bond donors (Lipinski definition) is 1. The van der Waals surface area contributed by atoms with Gasteiger partial charge in [0.1, 0.15) is 6.04 Å². The van der Waals surface area contributed by atoms with Crippen molar-refractivity contribution in [3.8, 4) is 0 Å². The van der Waals surface area contributed by atoms with E-state index in [0.29, 0.717) is 13.2 Å². The molecule has 0 aliphatic carbocycles. The molecule has 0 saturated carbocycles. The molecule has 0 bridgehead atoms. The van der Waals surface area contributed by atoms with E-state index in [0.717, 1.165) is 19.6 Å². The zero-order chi connectivity index (χ0) is 13.0. The van der Waals surface area contributed by atoms with Crippen LogP contribution in [0.2, 0.25) is 0 Å². The third-order valence-corrected chi connectivity index (χ3v) is 4.05. The summed E-state index contributed by atoms with van der Waals surface area (Å²) < 4.78 is 5.14. The van der Waals surface area contributed by atoms with E-state index in [-0.39, 0.29) is 12.0 Å². The summed E-state index contributed by atoms with van der Waals surface area (Å²) in [5, 5.41) is 3.26. The summed E-state index contributed by atoms with van der Waals surface area (Å²) in [4.78, 5) is 16.7. The molecular weight excluding hydrogens is 248 g/mol. The number of piperazine rings is 1. The smallest absolute Gasteiger partial charge is 0.324 e. The molecule has 0 amide bonds. The van der Waals surface area contributed by atoms with Gasteiger partial charge in [-0.2, -0.15) is 0 Å². The van der Waals surface area contributed by atoms with Gasteiger partial charge in [-0.15, -0.1) is 11.3 Å². The first-order chi connectivity index (χ1) is 8.70. The molecule has 1 aromatic rings. The highest BCUT2D eigenvalue weighted by Gasteiger charge is 2.29. The van der Waals surface area contributed by atoms with Gasteiger partial charge >= 0.3 is 5.97 Å². The van der Waals surface area contributed by atoms with Gasteiger partial charge in [-0.1, -0.05) is 0 Å². The molecule has 0 radical (unpaired) electrons. The van der Waals surface area contributed by atoms with Gasteiger partial charge in [-0.3, -0.25) is 9.69 Å². The van der Waals surface area contributed by atoms with Crippen molar-refractivity contribution < 1.29 is 9.53 Å². The normalized spacial score (nSPS) is 20.9. The zero-order valence-electron chi connectivity index (χ0n) is 10.9. The second-order valence-electron chi connectivity index (χ2n) is 4.45. The first-order valence-electron chi connectivity index (χ1n) is 6.37. The third kappa shape index (κ3) is 3.31. The Balaban J connectivity index is 2.01. The summed E-state index contributed by atoms with van der Waals surface area (Å²) in [7, 11) is 0. The van der Waals surface area contributed by atoms with Gasteiger partial charge in [0.05, 0.1) is 6.61 Å². The molecule has 2 rings (SSSR count). The molecule has 1 atom stereocenters. The lowest BCUT2D eigenvalue weighted by atomic mass is 10.2. The molecule has 0 aromatic carbocycles. The van der Waals surface area contributed by atoms with Gasteiger partial charge in [-0.25, -0.2) is 0 Å². The van der Waals surface area contributed by atoms with Crippen molar-refractivity contribution >= 4 is 17.3 Å². The van der Waals surface area contributed by atoms with Gasteiger partial charge < -0.3 is 10.1 Å². The molecule has 1 saturated heterocycles. The van der Waals surface area contributed by atoms with Gasteiger partial charge in [0.2, 0.25) is 0 Å². The minimum Gasteiger partial charge on any atom is -0.465 e. The number of nitrogens with one attached hydrogen (secondary N) is 1. The number of rotatable bonds is 4. The van der Waals surface area contributed by atoms with Crippen molar-refractivity contribution in [2.75, 3.05) is 26.2 Å². The molecule has 1 aromatic heterocycles. The summed E-state index contributed by atoms with van der Waals surface area (Å²) in [6, 6.07) is 4.12. The van der Waals surface area contributed by atoms with E-state index in [1.165, 1.54) is 9.75 Å². The van der Waals surface area contributed by atoms with Crippen molar-refractivity contribution in [2.45, 2.75) is 26.4 Å². The highest BCUT2D eigenvalue weighted by atomic mass is 32.1. The summed E-state index contributed by atoms with van der Waals surface area (Å²) in [6.45, 7) is 7.74. The molecule has 1 aliphatic heterocycles. The van der Waals surface area contributed by atoms with Crippen LogP contribution in [-0.4, -0.2) is 43.2 Å². The number of aryl methyl sites for hydroxylation is 1. The number of esters is 1. The molecule has 1 aliphatic rings. The first kappa shape index (κ1) is 13.5. The summed E-state index contributed by atoms with van der Waals surface area (Å²) in [5.41, 5.74) is 0. The molecule has 5 heteroatoms. The lowest BCUT2D eigenvalue weighted by molar-refractivity contribution is -0.150. The maximum Gasteiger partial charge on any atom is 0.324 e. The molecule has 18 heavy (non-hydrogen) atoms. The van der Waals surface area contributed by atoms with Gasteiger partial charge in [0, 0.05) is 35.9 Å². The highest BCUT2D eigenvalue weighted by Crippen LogP contribution is 2.19. The molecule has 1 fully saturated rings. The number of carbonyl (C=O) groups excluding carboxylic acids is 1. The number of ether oxygens (including phenoxy) is 1. The fraction of sp³-hybridized carbons (Fsp3) is 0.615. The number of nitrogens with zero attached hydrogens (tertiary/aromatic N) is 1. The van der Waals surface area contributed by atoms with E-state index in [9.17, 15) is 4.79 Å². The monoisotopic (exact) mass is 268 g/mol. The molecule has 1 N–H and O–H groups in total. The van der Waals surface area contributed by atoms with E-state index in [1.54, 1.807) is 11.3 Å². The van der Waals surface area contributed by atoms with Crippen LogP contribution in [0.5, 0.6) is 0 Å². The van der Waals surface area contributed by atoms with Crippen LogP contribution in [-0.2, 0) is 16.1 Å². The number of carbonyl (C=O) groups is 1. The molecule has 2 heterocycles. The molecular formula is C13H20N2O2S. The van der Waals surface area contributed by atoms with Crippen LogP contribution in [0.4, 0.5) is 0 Å². The van der Waals surface area contributed by atoms with E-state index in [2.05, 4.69) is 29.3 Å². The topological polar surface area (TPSA) is 41.6 Å². The van der Waals surface area contributed by atoms with E-state index >= 15 is 0 Å². The Bertz CT molecular complexity index is 405. The quantitative estimate of drug-likeness (QED) is 0.838. The molecule has 100 valence electrons. The van der Waals surface area contributed by atoms with Gasteiger partial charge in [-0.05, 0) is 26.0 Å². The van der Waals surface area contributed by atoms with Crippen LogP contribution >= 0.6 is 11.3 Å². The van der Waals surface area contributed by atoms with Crippen LogP contribution in [0.15, 0.2) is 12.1 Å². The molecule has 1 unspecified atom stereocenters. The minimum absolute atomic E-state index is 0.113. The lowest BCUT2D eigenvalue weighted by Crippen LogP contribution is -2.54. The Labute approximate surface area is 112 Å². The Morgan fingerprint density at radius 2 is 2.44 bits per heavy atom. The SMILES string of the molecule is CCOC(=O)C1CNCCN1Cc1ccc(C)s1. The summed E-state index contributed by atoms with van der Waals surface area (Å²) >= 11 is 1.79. The van der Waals surface area contributed by atoms with Crippen molar-refractivity contribution in [3.63, 3.8) is 0 Å². The minimum atomic E-state index is -0.152. The Morgan fingerprint density at radius 1 is 1.61 bits per heavy atom. The fourth-order valence-electron chi connectivity index (χ4n) is 2.18. The Hall–Kier alpha value is -0.910. The van der Waals surface area contributed by atoms with E-state index in [1.807, 2.05) is 6.92 Å². The predicted octanol–water partition coefficient (Wildman–Crippen LogP) is 1.39. The van der Waals surface area contributed by atoms with Crippen molar-refractivity contribution in [1.29, 1.82) is 0 Å². The summed E-state index contributed by atoms with van der Waals surface area (Å²) in [6.07, 6.45) is 0. The Kier molecular flexibility index (Phi) is 4.74. The zero-order valence-corrected chi connectivity index (χ0v) is 11.8. The average Bonchev–Trinajstić information content (AvgIpc) is 2.76. The predicted molar refractivity (Wildman–Crippen MR) is 72.8 cm³/mol. The second kappa shape index (κ2) is 6.31. The summed E-state index contributed by atoms with van der Waals surface area (Å²) in [5.74, 6) is -0.113. The fourth-order valence-corrected chi connectivity index (χ4v) is 3.09. The van der Waals surface area contributed by atoms with Gasteiger partial charge in [0.15, 0.2) is 0 Å². The van der Waals surface area contributed by atoms with Crippen LogP contribution in [0.1, 0.15) is 16.7 Å². The first-order valence-corrected chi connectivity index (χ1v) is 7.19. The maximum atomic E-state index is 11.9. The largest absolute Gasteiger partial charge is 0.465 e. The maximum absolute atomic E-state index is 11.9. The van der Waals surface area contributed by atoms with Crippen LogP contribution < -0.4 is 5.32 Å². The third-order valence-electron chi connectivity index (χ3n) is 3.07. The number of hydrogen-bond acceptors (Lipinski definition) is 5. The van der Waals surface area contributed by atoms with Crippen LogP contribution in [0.3, 0.4) is 0 Å². The molecule has 4 nitrogen and oxygen atoms in total. The van der Waals surface area contributed by atoms with Crippen molar-refractivity contribution in [3.05, 3.63) is 21.9 Å². The van der Waals surface area contributed by atoms with Crippen molar-refractivity contribution in [2.24, 2.45) is 0 Å². The number of thiophene rings is 1. The standard InChI is InChI=1S/C13H20N2O2S/c1-3-17-13(16)12-8-14-6-7-15(12)9-11-5-4-10(2)18-11/h4-5,12,14H,3,6-9H2,1-2H3. The lowest BCUT2D eigenvalue weighted by Gasteiger charge is -2.34. The Morgan fingerprint density at radius 3 is 3.11 bits per heavy atom. The average molecular weight is 268 g/mol. The van der Waals surface area contributed by atoms with Crippen molar-refractivity contribution in [1.82, 2.24) is 10.2 Å². The second-order valence-corrected chi connectivity index (χ2v) is 5.83. The van der Waals surface area contributed by atoms with E-state index < -0.39 is 0 Å². The highest BCUT2D eigenvalue weighted by molar-refractivity contribution is 7.11.